The van der Waals surface area contributed by atoms with Crippen LogP contribution < -0.4 is 20.7 Å². The lowest BCUT2D eigenvalue weighted by atomic mass is 9.93. The minimum atomic E-state index is -0.317. The zero-order valence-corrected chi connectivity index (χ0v) is 20.3. The molecule has 0 radical (unpaired) electrons. The molecule has 2 amide bonds. The number of benzene rings is 1. The van der Waals surface area contributed by atoms with E-state index in [1.54, 1.807) is 48.7 Å². The number of rotatable bonds is 8. The average Bonchev–Trinajstić information content (AvgIpc) is 3.51. The maximum absolute atomic E-state index is 12.5. The SMILES string of the molecule is CC(C)(C)c1cc(NC(=O)Cc2ccc(NC(=O)c3ccc(OC[C@@H]4CCNC4)cn3)cc2)no1. The van der Waals surface area contributed by atoms with Crippen molar-refractivity contribution in [3.8, 4) is 5.75 Å². The fraction of sp³-hybridized carbons (Fsp3) is 0.385. The van der Waals surface area contributed by atoms with Crippen molar-refractivity contribution in [2.75, 3.05) is 30.3 Å². The number of hydrogen-bond donors (Lipinski definition) is 3. The number of carbonyl (C=O) groups excluding carboxylic acids is 2. The van der Waals surface area contributed by atoms with E-state index in [0.29, 0.717) is 41.2 Å². The van der Waals surface area contributed by atoms with E-state index in [4.69, 9.17) is 9.26 Å². The van der Waals surface area contributed by atoms with Crippen LogP contribution in [-0.4, -0.2) is 41.7 Å². The van der Waals surface area contributed by atoms with Gasteiger partial charge in [-0.1, -0.05) is 38.1 Å². The van der Waals surface area contributed by atoms with Gasteiger partial charge in [-0.15, -0.1) is 0 Å². The summed E-state index contributed by atoms with van der Waals surface area (Å²) in [6.45, 7) is 8.66. The largest absolute Gasteiger partial charge is 0.492 e. The summed E-state index contributed by atoms with van der Waals surface area (Å²) in [6.07, 6.45) is 2.85. The van der Waals surface area contributed by atoms with Gasteiger partial charge in [0.1, 0.15) is 17.2 Å². The van der Waals surface area contributed by atoms with Crippen molar-refractivity contribution >= 4 is 23.3 Å². The highest BCUT2D eigenvalue weighted by atomic mass is 16.5. The molecule has 1 aliphatic rings. The highest BCUT2D eigenvalue weighted by molar-refractivity contribution is 6.02. The van der Waals surface area contributed by atoms with E-state index in [1.807, 2.05) is 20.8 Å². The molecule has 0 bridgehead atoms. The van der Waals surface area contributed by atoms with Gasteiger partial charge in [-0.05, 0) is 42.8 Å². The molecular weight excluding hydrogens is 446 g/mol. The summed E-state index contributed by atoms with van der Waals surface area (Å²) in [5.74, 6) is 1.73. The molecule has 0 unspecified atom stereocenters. The van der Waals surface area contributed by atoms with E-state index in [-0.39, 0.29) is 23.7 Å². The Morgan fingerprint density at radius 1 is 1.14 bits per heavy atom. The summed E-state index contributed by atoms with van der Waals surface area (Å²) in [7, 11) is 0. The first-order valence-electron chi connectivity index (χ1n) is 11.7. The van der Waals surface area contributed by atoms with E-state index in [9.17, 15) is 9.59 Å². The standard InChI is InChI=1S/C26H31N5O4/c1-26(2,3)22-13-23(31-35-22)30-24(32)12-17-4-6-19(7-5-17)29-25(33)21-9-8-20(15-28-21)34-16-18-10-11-27-14-18/h4-9,13,15,18,27H,10-12,14,16H2,1-3H3,(H,29,33)(H,30,31,32)/t18-/m1/s1. The Morgan fingerprint density at radius 2 is 1.94 bits per heavy atom. The molecule has 1 fully saturated rings. The van der Waals surface area contributed by atoms with Gasteiger partial charge in [0.25, 0.3) is 5.91 Å². The predicted octanol–water partition coefficient (Wildman–Crippen LogP) is 3.79. The molecule has 0 aliphatic carbocycles. The molecule has 3 heterocycles. The number of anilines is 2. The second kappa shape index (κ2) is 10.7. The van der Waals surface area contributed by atoms with Gasteiger partial charge in [0.05, 0.1) is 19.2 Å². The lowest BCUT2D eigenvalue weighted by molar-refractivity contribution is -0.115. The van der Waals surface area contributed by atoms with Crippen molar-refractivity contribution in [3.63, 3.8) is 0 Å². The fourth-order valence-electron chi connectivity index (χ4n) is 3.63. The molecule has 0 saturated carbocycles. The van der Waals surface area contributed by atoms with Crippen molar-refractivity contribution < 1.29 is 18.8 Å². The van der Waals surface area contributed by atoms with Crippen molar-refractivity contribution in [3.05, 3.63) is 65.7 Å². The lowest BCUT2D eigenvalue weighted by Crippen LogP contribution is -2.16. The predicted molar refractivity (Wildman–Crippen MR) is 133 cm³/mol. The van der Waals surface area contributed by atoms with E-state index < -0.39 is 0 Å². The summed E-state index contributed by atoms with van der Waals surface area (Å²) in [4.78, 5) is 29.1. The second-order valence-electron chi connectivity index (χ2n) is 9.75. The molecule has 35 heavy (non-hydrogen) atoms. The van der Waals surface area contributed by atoms with Gasteiger partial charge in [0.2, 0.25) is 5.91 Å². The van der Waals surface area contributed by atoms with Crippen molar-refractivity contribution in [2.24, 2.45) is 5.92 Å². The Labute approximate surface area is 204 Å². The Kier molecular flexibility index (Phi) is 7.45. The Balaban J connectivity index is 1.25. The Morgan fingerprint density at radius 3 is 2.57 bits per heavy atom. The normalized spacial score (nSPS) is 15.6. The van der Waals surface area contributed by atoms with E-state index >= 15 is 0 Å². The minimum absolute atomic E-state index is 0.172. The zero-order chi connectivity index (χ0) is 24.8. The highest BCUT2D eigenvalue weighted by Crippen LogP contribution is 2.24. The maximum Gasteiger partial charge on any atom is 0.274 e. The molecule has 3 aromatic rings. The van der Waals surface area contributed by atoms with E-state index in [2.05, 4.69) is 26.1 Å². The van der Waals surface area contributed by atoms with Crippen LogP contribution in [0.5, 0.6) is 5.75 Å². The average molecular weight is 478 g/mol. The third kappa shape index (κ3) is 6.89. The zero-order valence-electron chi connectivity index (χ0n) is 20.3. The molecule has 9 nitrogen and oxygen atoms in total. The third-order valence-corrected chi connectivity index (χ3v) is 5.71. The number of nitrogens with zero attached hydrogens (tertiary/aromatic N) is 2. The summed E-state index contributed by atoms with van der Waals surface area (Å²) in [5.41, 5.74) is 1.53. The van der Waals surface area contributed by atoms with Crippen LogP contribution in [0.25, 0.3) is 0 Å². The quantitative estimate of drug-likeness (QED) is 0.452. The van der Waals surface area contributed by atoms with Gasteiger partial charge in [-0.3, -0.25) is 9.59 Å². The molecule has 1 aromatic carbocycles. The molecule has 184 valence electrons. The molecular formula is C26H31N5O4. The Hall–Kier alpha value is -3.72. The maximum atomic E-state index is 12.5. The summed E-state index contributed by atoms with van der Waals surface area (Å²) in [6, 6.07) is 12.2. The molecule has 3 N–H and O–H groups in total. The van der Waals surface area contributed by atoms with Gasteiger partial charge in [-0.25, -0.2) is 4.98 Å². The molecule has 1 aliphatic heterocycles. The first kappa shape index (κ1) is 24.4. The monoisotopic (exact) mass is 477 g/mol. The molecule has 4 rings (SSSR count). The molecule has 9 heteroatoms. The van der Waals surface area contributed by atoms with Gasteiger partial charge in [0.15, 0.2) is 5.82 Å². The molecule has 1 atom stereocenters. The van der Waals surface area contributed by atoms with Crippen molar-refractivity contribution in [1.82, 2.24) is 15.5 Å². The van der Waals surface area contributed by atoms with Crippen LogP contribution in [-0.2, 0) is 16.6 Å². The van der Waals surface area contributed by atoms with Crippen molar-refractivity contribution in [1.29, 1.82) is 0 Å². The van der Waals surface area contributed by atoms with Gasteiger partial charge in [0, 0.05) is 29.6 Å². The Bertz CT molecular complexity index is 1140. The fourth-order valence-corrected chi connectivity index (χ4v) is 3.63. The lowest BCUT2D eigenvalue weighted by Gasteiger charge is -2.12. The van der Waals surface area contributed by atoms with Gasteiger partial charge >= 0.3 is 0 Å². The van der Waals surface area contributed by atoms with Crippen LogP contribution in [0.4, 0.5) is 11.5 Å². The van der Waals surface area contributed by atoms with Crippen molar-refractivity contribution in [2.45, 2.75) is 39.0 Å². The molecule has 1 saturated heterocycles. The minimum Gasteiger partial charge on any atom is -0.492 e. The van der Waals surface area contributed by atoms with Crippen LogP contribution in [0.15, 0.2) is 53.2 Å². The third-order valence-electron chi connectivity index (χ3n) is 5.71. The topological polar surface area (TPSA) is 118 Å². The van der Waals surface area contributed by atoms with Crippen LogP contribution in [0.1, 0.15) is 49.0 Å². The second-order valence-corrected chi connectivity index (χ2v) is 9.75. The number of hydrogen-bond acceptors (Lipinski definition) is 7. The van der Waals surface area contributed by atoms with Crippen LogP contribution in [0.2, 0.25) is 0 Å². The number of ether oxygens (including phenoxy) is 1. The van der Waals surface area contributed by atoms with Crippen LogP contribution >= 0.6 is 0 Å². The summed E-state index contributed by atoms with van der Waals surface area (Å²) >= 11 is 0. The smallest absolute Gasteiger partial charge is 0.274 e. The molecule has 0 spiro atoms. The van der Waals surface area contributed by atoms with E-state index in [1.165, 1.54) is 0 Å². The van der Waals surface area contributed by atoms with Gasteiger partial charge in [-0.2, -0.15) is 0 Å². The van der Waals surface area contributed by atoms with E-state index in [0.717, 1.165) is 25.1 Å². The first-order valence-corrected chi connectivity index (χ1v) is 11.7. The number of carbonyl (C=O) groups is 2. The number of amides is 2. The van der Waals surface area contributed by atoms with Crippen LogP contribution in [0.3, 0.4) is 0 Å². The first-order chi connectivity index (χ1) is 16.8. The highest BCUT2D eigenvalue weighted by Gasteiger charge is 2.20. The van der Waals surface area contributed by atoms with Crippen LogP contribution in [0, 0.1) is 5.92 Å². The number of aromatic nitrogens is 2. The summed E-state index contributed by atoms with van der Waals surface area (Å²) < 4.78 is 11.1. The summed E-state index contributed by atoms with van der Waals surface area (Å²) in [5, 5.41) is 12.8. The number of nitrogens with one attached hydrogen (secondary N) is 3. The molecule has 2 aromatic heterocycles. The number of pyridine rings is 1. The van der Waals surface area contributed by atoms with Gasteiger partial charge < -0.3 is 25.2 Å².